The molecule has 3 aliphatic rings. The highest BCUT2D eigenvalue weighted by atomic mass is 19.4. The zero-order valence-electron chi connectivity index (χ0n) is 17.3. The van der Waals surface area contributed by atoms with E-state index in [0.717, 1.165) is 44.2 Å². The summed E-state index contributed by atoms with van der Waals surface area (Å²) < 4.78 is 59.8. The molecule has 2 aromatic carbocycles. The normalized spacial score (nSPS) is 23.3. The van der Waals surface area contributed by atoms with Gasteiger partial charge in [0.25, 0.3) is 0 Å². The average Bonchev–Trinajstić information content (AvgIpc) is 2.89. The van der Waals surface area contributed by atoms with Crippen LogP contribution in [-0.2, 0) is 17.5 Å². The lowest BCUT2D eigenvalue weighted by Crippen LogP contribution is -2.46. The lowest BCUT2D eigenvalue weighted by Gasteiger charge is -2.38. The second-order valence-electron chi connectivity index (χ2n) is 8.46. The Balaban J connectivity index is 1.54. The van der Waals surface area contributed by atoms with E-state index < -0.39 is 17.6 Å². The van der Waals surface area contributed by atoms with E-state index in [1.807, 2.05) is 12.1 Å². The molecule has 0 amide bonds. The highest BCUT2D eigenvalue weighted by Gasteiger charge is 2.43. The van der Waals surface area contributed by atoms with Gasteiger partial charge in [-0.1, -0.05) is 13.0 Å². The van der Waals surface area contributed by atoms with Crippen LogP contribution >= 0.6 is 0 Å². The number of anilines is 3. The average molecular weight is 435 g/mol. The van der Waals surface area contributed by atoms with Gasteiger partial charge in [-0.3, -0.25) is 0 Å². The molecular formula is C23H25F4N3O. The molecule has 0 bridgehead atoms. The molecule has 2 atom stereocenters. The molecular weight excluding hydrogens is 410 g/mol. The van der Waals surface area contributed by atoms with Gasteiger partial charge < -0.3 is 19.9 Å². The van der Waals surface area contributed by atoms with E-state index in [4.69, 9.17) is 4.74 Å². The van der Waals surface area contributed by atoms with Crippen LogP contribution in [-0.4, -0.2) is 43.7 Å². The summed E-state index contributed by atoms with van der Waals surface area (Å²) in [5, 5.41) is 2.91. The summed E-state index contributed by atoms with van der Waals surface area (Å²) in [6.07, 6.45) is -3.67. The van der Waals surface area contributed by atoms with Crippen LogP contribution in [0.1, 0.15) is 36.0 Å². The number of alkyl halides is 3. The van der Waals surface area contributed by atoms with Gasteiger partial charge in [0.05, 0.1) is 24.5 Å². The number of hydrogen-bond acceptors (Lipinski definition) is 4. The van der Waals surface area contributed by atoms with Gasteiger partial charge in [0.2, 0.25) is 0 Å². The van der Waals surface area contributed by atoms with Crippen molar-refractivity contribution in [3.63, 3.8) is 0 Å². The molecule has 0 unspecified atom stereocenters. The number of fused-ring (bicyclic) bond motifs is 3. The first-order chi connectivity index (χ1) is 14.9. The molecule has 1 N–H and O–H groups in total. The van der Waals surface area contributed by atoms with E-state index in [9.17, 15) is 17.6 Å². The van der Waals surface area contributed by atoms with Gasteiger partial charge in [-0.05, 0) is 42.8 Å². The largest absolute Gasteiger partial charge is 0.419 e. The van der Waals surface area contributed by atoms with Crippen LogP contribution in [0.5, 0.6) is 0 Å². The topological polar surface area (TPSA) is 27.7 Å². The number of likely N-dealkylation sites (N-methyl/N-ethyl adjacent to an activating group) is 1. The summed E-state index contributed by atoms with van der Waals surface area (Å²) in [6.45, 7) is 7.07. The van der Waals surface area contributed by atoms with E-state index in [2.05, 4.69) is 22.0 Å². The number of hydrogen-bond donors (Lipinski definition) is 1. The van der Waals surface area contributed by atoms with Crippen molar-refractivity contribution >= 4 is 17.1 Å². The Morgan fingerprint density at radius 1 is 1.19 bits per heavy atom. The van der Waals surface area contributed by atoms with Crippen LogP contribution in [0.25, 0.3) is 0 Å². The van der Waals surface area contributed by atoms with Gasteiger partial charge in [0.15, 0.2) is 5.82 Å². The lowest BCUT2D eigenvalue weighted by atomic mass is 9.88. The quantitative estimate of drug-likeness (QED) is 0.678. The zero-order valence-corrected chi connectivity index (χ0v) is 17.3. The van der Waals surface area contributed by atoms with Crippen molar-refractivity contribution in [1.82, 2.24) is 4.90 Å². The summed E-state index contributed by atoms with van der Waals surface area (Å²) in [5.41, 5.74) is 2.52. The second-order valence-corrected chi connectivity index (χ2v) is 8.46. The van der Waals surface area contributed by atoms with Crippen molar-refractivity contribution in [3.05, 3.63) is 52.8 Å². The van der Waals surface area contributed by atoms with Gasteiger partial charge in [-0.25, -0.2) is 4.39 Å². The van der Waals surface area contributed by atoms with Crippen LogP contribution < -0.4 is 10.2 Å². The summed E-state index contributed by atoms with van der Waals surface area (Å²) in [7, 11) is 0. The SMILES string of the molecule is CCN1CC[C@H]2[C@@H](C1)c1cc(Nc3cccc(C(F)(F)F)c3F)cc3c1N2CCOC3. The molecule has 2 aromatic rings. The van der Waals surface area contributed by atoms with Crippen molar-refractivity contribution < 1.29 is 22.3 Å². The van der Waals surface area contributed by atoms with Crippen LogP contribution in [0, 0.1) is 5.82 Å². The molecule has 3 heterocycles. The number of nitrogens with one attached hydrogen (secondary N) is 1. The fraction of sp³-hybridized carbons (Fsp3) is 0.478. The minimum atomic E-state index is -4.74. The maximum Gasteiger partial charge on any atom is 0.419 e. The van der Waals surface area contributed by atoms with Gasteiger partial charge >= 0.3 is 6.18 Å². The van der Waals surface area contributed by atoms with Gasteiger partial charge in [-0.2, -0.15) is 13.2 Å². The summed E-state index contributed by atoms with van der Waals surface area (Å²) >= 11 is 0. The summed E-state index contributed by atoms with van der Waals surface area (Å²) in [4.78, 5) is 4.88. The maximum absolute atomic E-state index is 14.6. The highest BCUT2D eigenvalue weighted by Crippen LogP contribution is 2.49. The third kappa shape index (κ3) is 3.55. The third-order valence-corrected chi connectivity index (χ3v) is 6.73. The molecule has 8 heteroatoms. The van der Waals surface area contributed by atoms with E-state index in [-0.39, 0.29) is 5.69 Å². The molecule has 31 heavy (non-hydrogen) atoms. The molecule has 1 fully saturated rings. The van der Waals surface area contributed by atoms with Crippen LogP contribution in [0.4, 0.5) is 34.6 Å². The smallest absolute Gasteiger partial charge is 0.375 e. The number of nitrogens with zero attached hydrogens (tertiary/aromatic N) is 2. The van der Waals surface area contributed by atoms with Crippen molar-refractivity contribution in [2.45, 2.75) is 38.1 Å². The monoisotopic (exact) mass is 435 g/mol. The van der Waals surface area contributed by atoms with Gasteiger partial charge in [-0.15, -0.1) is 0 Å². The first-order valence-electron chi connectivity index (χ1n) is 10.7. The fourth-order valence-electron chi connectivity index (χ4n) is 5.30. The van der Waals surface area contributed by atoms with Crippen LogP contribution in [0.3, 0.4) is 0 Å². The van der Waals surface area contributed by atoms with Gasteiger partial charge in [0, 0.05) is 48.5 Å². The van der Waals surface area contributed by atoms with E-state index in [1.165, 1.54) is 23.4 Å². The minimum absolute atomic E-state index is 0.179. The fourth-order valence-corrected chi connectivity index (χ4v) is 5.30. The van der Waals surface area contributed by atoms with E-state index in [1.54, 1.807) is 0 Å². The Morgan fingerprint density at radius 2 is 2.03 bits per heavy atom. The van der Waals surface area contributed by atoms with Crippen molar-refractivity contribution in [2.24, 2.45) is 0 Å². The molecule has 3 aliphatic heterocycles. The number of benzene rings is 2. The number of halogens is 4. The number of piperidine rings is 1. The number of rotatable bonds is 3. The zero-order chi connectivity index (χ0) is 21.8. The van der Waals surface area contributed by atoms with E-state index in [0.29, 0.717) is 30.9 Å². The maximum atomic E-state index is 14.6. The standard InChI is InChI=1S/C23H25F4N3O/c1-2-29-7-6-20-17(12-29)16-11-15(10-14-13-31-9-8-30(20)22(14)16)28-19-5-3-4-18(21(19)24)23(25,26)27/h3-5,10-11,17,20,28H,2,6-9,12-13H2,1H3/t17-,20-/m0/s1. The third-order valence-electron chi connectivity index (χ3n) is 6.73. The molecule has 166 valence electrons. The lowest BCUT2D eigenvalue weighted by molar-refractivity contribution is -0.139. The van der Waals surface area contributed by atoms with Crippen molar-refractivity contribution in [1.29, 1.82) is 0 Å². The van der Waals surface area contributed by atoms with E-state index >= 15 is 0 Å². The number of ether oxygens (including phenoxy) is 1. The Bertz CT molecular complexity index is 994. The minimum Gasteiger partial charge on any atom is -0.375 e. The molecule has 0 aliphatic carbocycles. The first-order valence-corrected chi connectivity index (χ1v) is 10.7. The number of likely N-dealkylation sites (tertiary alicyclic amines) is 1. The Morgan fingerprint density at radius 3 is 2.81 bits per heavy atom. The summed E-state index contributed by atoms with van der Waals surface area (Å²) in [5.74, 6) is -0.958. The molecule has 0 spiro atoms. The molecule has 4 nitrogen and oxygen atoms in total. The predicted octanol–water partition coefficient (Wildman–Crippen LogP) is 5.12. The van der Waals surface area contributed by atoms with Crippen LogP contribution in [0.15, 0.2) is 30.3 Å². The predicted molar refractivity (Wildman–Crippen MR) is 111 cm³/mol. The van der Waals surface area contributed by atoms with Gasteiger partial charge in [0.1, 0.15) is 0 Å². The van der Waals surface area contributed by atoms with Crippen molar-refractivity contribution in [3.8, 4) is 0 Å². The Labute approximate surface area is 178 Å². The molecule has 0 saturated carbocycles. The van der Waals surface area contributed by atoms with Crippen LogP contribution in [0.2, 0.25) is 0 Å². The second kappa shape index (κ2) is 7.67. The Kier molecular flexibility index (Phi) is 5.09. The molecule has 0 aromatic heterocycles. The Hall–Kier alpha value is -2.32. The first kappa shape index (κ1) is 20.6. The summed E-state index contributed by atoms with van der Waals surface area (Å²) in [6, 6.07) is 7.58. The molecule has 1 saturated heterocycles. The van der Waals surface area contributed by atoms with Crippen molar-refractivity contribution in [2.75, 3.05) is 43.0 Å². The molecule has 5 rings (SSSR count). The highest BCUT2D eigenvalue weighted by molar-refractivity contribution is 5.74. The molecule has 0 radical (unpaired) electrons.